The van der Waals surface area contributed by atoms with E-state index in [0.29, 0.717) is 24.3 Å². The summed E-state index contributed by atoms with van der Waals surface area (Å²) < 4.78 is 19.8. The van der Waals surface area contributed by atoms with Gasteiger partial charge in [-0.2, -0.15) is 0 Å². The third-order valence-corrected chi connectivity index (χ3v) is 4.27. The molecule has 0 radical (unpaired) electrons. The summed E-state index contributed by atoms with van der Waals surface area (Å²) >= 11 is 0. The van der Waals surface area contributed by atoms with Gasteiger partial charge in [0.25, 0.3) is 5.91 Å². The van der Waals surface area contributed by atoms with Crippen molar-refractivity contribution in [1.29, 1.82) is 5.41 Å². The van der Waals surface area contributed by atoms with Crippen LogP contribution in [0.25, 0.3) is 0 Å². The maximum atomic E-state index is 14.1. The lowest BCUT2D eigenvalue weighted by molar-refractivity contribution is -0.139. The zero-order valence-corrected chi connectivity index (χ0v) is 14.3. The molecular formula is C20H22FN3O4. The Hall–Kier alpha value is -3.42. The highest BCUT2D eigenvalue weighted by Crippen LogP contribution is 2.31. The van der Waals surface area contributed by atoms with E-state index in [-0.39, 0.29) is 36.9 Å². The van der Waals surface area contributed by atoms with E-state index in [2.05, 4.69) is 5.32 Å². The van der Waals surface area contributed by atoms with Crippen LogP contribution in [0.3, 0.4) is 0 Å². The summed E-state index contributed by atoms with van der Waals surface area (Å²) in [6.45, 7) is 0. The number of anilines is 1. The highest BCUT2D eigenvalue weighted by atomic mass is 19.1. The molecule has 1 atom stereocenters. The summed E-state index contributed by atoms with van der Waals surface area (Å²) in [6, 6.07) is 8.73. The number of aliphatic carboxylic acids is 1. The Morgan fingerprint density at radius 1 is 1.29 bits per heavy atom. The number of amidine groups is 1. The van der Waals surface area contributed by atoms with Crippen LogP contribution in [-0.2, 0) is 11.2 Å². The number of benzene rings is 2. The lowest BCUT2D eigenvalue weighted by Crippen LogP contribution is -2.25. The predicted molar refractivity (Wildman–Crippen MR) is 104 cm³/mol. The van der Waals surface area contributed by atoms with Gasteiger partial charge in [0.2, 0.25) is 0 Å². The second-order valence-corrected chi connectivity index (χ2v) is 6.26. The first-order valence-corrected chi connectivity index (χ1v) is 8.30. The van der Waals surface area contributed by atoms with Gasteiger partial charge < -0.3 is 20.9 Å². The van der Waals surface area contributed by atoms with Crippen molar-refractivity contribution in [2.75, 3.05) is 5.32 Å². The Kier molecular flexibility index (Phi) is 6.35. The molecule has 0 aromatic heterocycles. The van der Waals surface area contributed by atoms with E-state index in [0.717, 1.165) is 11.6 Å². The number of hydrogen-bond acceptors (Lipinski definition) is 4. The molecule has 0 saturated heterocycles. The van der Waals surface area contributed by atoms with Crippen LogP contribution in [0.2, 0.25) is 0 Å². The number of carboxylic acids is 1. The van der Waals surface area contributed by atoms with Gasteiger partial charge in [-0.05, 0) is 48.7 Å². The maximum absolute atomic E-state index is 14.1. The molecule has 0 spiro atoms. The van der Waals surface area contributed by atoms with E-state index in [1.165, 1.54) is 12.1 Å². The van der Waals surface area contributed by atoms with E-state index >= 15 is 0 Å². The number of rotatable bonds is 5. The molecule has 1 heterocycles. The highest BCUT2D eigenvalue weighted by Gasteiger charge is 2.22. The van der Waals surface area contributed by atoms with Crippen molar-refractivity contribution >= 4 is 23.4 Å². The molecule has 1 unspecified atom stereocenters. The molecule has 0 fully saturated rings. The van der Waals surface area contributed by atoms with Crippen molar-refractivity contribution in [3.05, 3.63) is 58.9 Å². The fourth-order valence-corrected chi connectivity index (χ4v) is 2.93. The van der Waals surface area contributed by atoms with E-state index in [9.17, 15) is 14.0 Å². The van der Waals surface area contributed by atoms with Gasteiger partial charge in [-0.25, -0.2) is 4.39 Å². The molecule has 148 valence electrons. The van der Waals surface area contributed by atoms with Gasteiger partial charge in [0.1, 0.15) is 23.5 Å². The van der Waals surface area contributed by atoms with E-state index in [1.807, 2.05) is 0 Å². The smallest absolute Gasteiger partial charge is 0.307 e. The van der Waals surface area contributed by atoms with Crippen LogP contribution >= 0.6 is 0 Å². The minimum atomic E-state index is -0.912. The van der Waals surface area contributed by atoms with Crippen LogP contribution in [0.15, 0.2) is 36.4 Å². The topological polar surface area (TPSA) is 126 Å². The summed E-state index contributed by atoms with van der Waals surface area (Å²) in [5.41, 5.74) is 6.68. The highest BCUT2D eigenvalue weighted by molar-refractivity contribution is 6.05. The minimum absolute atomic E-state index is 0. The summed E-state index contributed by atoms with van der Waals surface area (Å²) in [4.78, 5) is 23.1. The average molecular weight is 387 g/mol. The van der Waals surface area contributed by atoms with Crippen LogP contribution in [0.1, 0.15) is 41.8 Å². The number of carbonyl (C=O) groups excluding carboxylic acids is 1. The number of carbonyl (C=O) groups is 2. The normalized spacial score (nSPS) is 14.8. The molecule has 7 nitrogen and oxygen atoms in total. The van der Waals surface area contributed by atoms with Crippen molar-refractivity contribution in [3.8, 4) is 5.75 Å². The quantitative estimate of drug-likeness (QED) is 0.463. The SMILES string of the molecule is C.N=C(N)c1ccc(C(=O)Nc2ccc3c(c2)CCC(CC(=O)O)O3)c(F)c1. The number of nitrogens with two attached hydrogens (primary N) is 1. The molecular weight excluding hydrogens is 365 g/mol. The van der Waals surface area contributed by atoms with Crippen molar-refractivity contribution in [1.82, 2.24) is 0 Å². The third kappa shape index (κ3) is 4.64. The van der Waals surface area contributed by atoms with Gasteiger partial charge in [0, 0.05) is 11.3 Å². The molecule has 8 heteroatoms. The molecule has 0 aliphatic carbocycles. The molecule has 0 saturated carbocycles. The summed E-state index contributed by atoms with van der Waals surface area (Å²) in [5, 5.41) is 18.8. The fourth-order valence-electron chi connectivity index (χ4n) is 2.93. The second kappa shape index (κ2) is 8.51. The van der Waals surface area contributed by atoms with E-state index in [1.54, 1.807) is 18.2 Å². The van der Waals surface area contributed by atoms with Gasteiger partial charge in [-0.1, -0.05) is 13.5 Å². The Labute approximate surface area is 161 Å². The number of fused-ring (bicyclic) bond motifs is 1. The molecule has 28 heavy (non-hydrogen) atoms. The summed E-state index contributed by atoms with van der Waals surface area (Å²) in [7, 11) is 0. The number of carboxylic acid groups (broad SMARTS) is 1. The molecule has 1 aliphatic heterocycles. The van der Waals surface area contributed by atoms with Crippen LogP contribution in [-0.4, -0.2) is 28.9 Å². The van der Waals surface area contributed by atoms with E-state index in [4.69, 9.17) is 21.0 Å². The van der Waals surface area contributed by atoms with Crippen molar-refractivity contribution in [3.63, 3.8) is 0 Å². The zero-order chi connectivity index (χ0) is 19.6. The monoisotopic (exact) mass is 387 g/mol. The molecule has 1 aliphatic rings. The molecule has 3 rings (SSSR count). The lowest BCUT2D eigenvalue weighted by Gasteiger charge is -2.25. The Bertz CT molecular complexity index is 930. The molecule has 0 bridgehead atoms. The van der Waals surface area contributed by atoms with Crippen LogP contribution < -0.4 is 15.8 Å². The first kappa shape index (κ1) is 20.9. The Morgan fingerprint density at radius 2 is 2.04 bits per heavy atom. The van der Waals surface area contributed by atoms with Gasteiger partial charge in [-0.15, -0.1) is 0 Å². The number of nitrogen functional groups attached to an aromatic ring is 1. The molecule has 2 aromatic carbocycles. The average Bonchev–Trinajstić information content (AvgIpc) is 2.61. The number of nitrogens with one attached hydrogen (secondary N) is 2. The van der Waals surface area contributed by atoms with Gasteiger partial charge >= 0.3 is 5.97 Å². The standard InChI is InChI=1S/C19H18FN3O4.CH4/c20-15-8-11(18(21)22)2-5-14(15)19(26)23-12-3-6-16-10(7-12)1-4-13(27-16)9-17(24)25;/h2-3,5-8,13H,1,4,9H2,(H3,21,22)(H,23,26)(H,24,25);1H4. The number of amides is 1. The Morgan fingerprint density at radius 3 is 2.68 bits per heavy atom. The van der Waals surface area contributed by atoms with Crippen LogP contribution in [0.5, 0.6) is 5.75 Å². The molecule has 1 amide bonds. The number of halogens is 1. The van der Waals surface area contributed by atoms with E-state index < -0.39 is 17.7 Å². The van der Waals surface area contributed by atoms with Gasteiger partial charge in [-0.3, -0.25) is 15.0 Å². The first-order valence-electron chi connectivity index (χ1n) is 8.30. The maximum Gasteiger partial charge on any atom is 0.307 e. The summed E-state index contributed by atoms with van der Waals surface area (Å²) in [6.07, 6.45) is 0.758. The minimum Gasteiger partial charge on any atom is -0.490 e. The largest absolute Gasteiger partial charge is 0.490 e. The summed E-state index contributed by atoms with van der Waals surface area (Å²) in [5.74, 6) is -1.99. The predicted octanol–water partition coefficient (Wildman–Crippen LogP) is 3.17. The van der Waals surface area contributed by atoms with Crippen LogP contribution in [0, 0.1) is 11.2 Å². The van der Waals surface area contributed by atoms with Crippen molar-refractivity contribution in [2.24, 2.45) is 5.73 Å². The lowest BCUT2D eigenvalue weighted by atomic mass is 10.00. The van der Waals surface area contributed by atoms with Crippen molar-refractivity contribution in [2.45, 2.75) is 32.8 Å². The molecule has 2 aromatic rings. The number of aryl methyl sites for hydroxylation is 1. The zero-order valence-electron chi connectivity index (χ0n) is 14.3. The Balaban J connectivity index is 0.00000280. The van der Waals surface area contributed by atoms with Gasteiger partial charge in [0.05, 0.1) is 12.0 Å². The third-order valence-electron chi connectivity index (χ3n) is 4.27. The second-order valence-electron chi connectivity index (χ2n) is 6.26. The van der Waals surface area contributed by atoms with Crippen molar-refractivity contribution < 1.29 is 23.8 Å². The van der Waals surface area contributed by atoms with Gasteiger partial charge in [0.15, 0.2) is 0 Å². The first-order chi connectivity index (χ1) is 12.8. The number of hydrogen-bond donors (Lipinski definition) is 4. The fraction of sp³-hybridized carbons (Fsp3) is 0.250. The number of ether oxygens (including phenoxy) is 1. The van der Waals surface area contributed by atoms with Crippen LogP contribution in [0.4, 0.5) is 10.1 Å². The molecule has 5 N–H and O–H groups in total.